The van der Waals surface area contributed by atoms with E-state index in [1.165, 1.54) is 5.56 Å². The second kappa shape index (κ2) is 8.34. The molecular formula is C15H21ClN2O3. The van der Waals surface area contributed by atoms with Gasteiger partial charge >= 0.3 is 5.97 Å². The molecule has 0 amide bonds. The highest BCUT2D eigenvalue weighted by Gasteiger charge is 2.16. The fraction of sp³-hybridized carbons (Fsp3) is 0.533. The van der Waals surface area contributed by atoms with Crippen LogP contribution in [0, 0.1) is 0 Å². The Morgan fingerprint density at radius 2 is 1.76 bits per heavy atom. The highest BCUT2D eigenvalue weighted by Crippen LogP contribution is 2.12. The van der Waals surface area contributed by atoms with Crippen LogP contribution in [0.15, 0.2) is 24.3 Å². The fourth-order valence-corrected chi connectivity index (χ4v) is 2.50. The molecule has 0 radical (unpaired) electrons. The number of benzene rings is 1. The van der Waals surface area contributed by atoms with Crippen LogP contribution in [0.4, 0.5) is 0 Å². The molecule has 116 valence electrons. The number of ether oxygens (including phenoxy) is 1. The highest BCUT2D eigenvalue weighted by molar-refractivity contribution is 6.30. The van der Waals surface area contributed by atoms with E-state index in [4.69, 9.17) is 21.4 Å². The molecule has 1 aliphatic heterocycles. The van der Waals surface area contributed by atoms with E-state index in [1.54, 1.807) is 0 Å². The summed E-state index contributed by atoms with van der Waals surface area (Å²) in [5.41, 5.74) is 1.28. The Kier molecular flexibility index (Phi) is 6.45. The number of piperazine rings is 1. The smallest absolute Gasteiger partial charge is 0.329 e. The van der Waals surface area contributed by atoms with E-state index < -0.39 is 5.97 Å². The topological polar surface area (TPSA) is 53.0 Å². The minimum absolute atomic E-state index is 0.212. The maximum atomic E-state index is 10.3. The van der Waals surface area contributed by atoms with Crippen molar-refractivity contribution in [2.75, 3.05) is 45.9 Å². The zero-order chi connectivity index (χ0) is 15.1. The normalized spacial score (nSPS) is 17.0. The van der Waals surface area contributed by atoms with Gasteiger partial charge < -0.3 is 9.84 Å². The number of carboxylic acid groups (broad SMARTS) is 1. The zero-order valence-electron chi connectivity index (χ0n) is 12.0. The number of nitrogens with zero attached hydrogens (tertiary/aromatic N) is 2. The van der Waals surface area contributed by atoms with Crippen molar-refractivity contribution in [3.63, 3.8) is 0 Å². The molecule has 1 aromatic carbocycles. The fourth-order valence-electron chi connectivity index (χ4n) is 2.37. The summed E-state index contributed by atoms with van der Waals surface area (Å²) >= 11 is 5.88. The van der Waals surface area contributed by atoms with E-state index >= 15 is 0 Å². The Morgan fingerprint density at radius 1 is 1.14 bits per heavy atom. The van der Waals surface area contributed by atoms with Gasteiger partial charge in [-0.3, -0.25) is 9.80 Å². The third kappa shape index (κ3) is 6.01. The first-order chi connectivity index (χ1) is 10.1. The number of carboxylic acids is 1. The lowest BCUT2D eigenvalue weighted by Crippen LogP contribution is -2.46. The van der Waals surface area contributed by atoms with Gasteiger partial charge in [0.15, 0.2) is 0 Å². The van der Waals surface area contributed by atoms with E-state index in [1.807, 2.05) is 12.1 Å². The van der Waals surface area contributed by atoms with Gasteiger partial charge in [0, 0.05) is 44.3 Å². The van der Waals surface area contributed by atoms with Crippen molar-refractivity contribution < 1.29 is 14.6 Å². The van der Waals surface area contributed by atoms with Crippen molar-refractivity contribution in [3.05, 3.63) is 34.9 Å². The van der Waals surface area contributed by atoms with Crippen molar-refractivity contribution >= 4 is 17.6 Å². The summed E-state index contributed by atoms with van der Waals surface area (Å²) in [7, 11) is 0. The summed E-state index contributed by atoms with van der Waals surface area (Å²) in [6, 6.07) is 7.97. The van der Waals surface area contributed by atoms with E-state index in [9.17, 15) is 4.79 Å². The summed E-state index contributed by atoms with van der Waals surface area (Å²) in [4.78, 5) is 15.1. The van der Waals surface area contributed by atoms with Crippen LogP contribution in [-0.4, -0.2) is 66.8 Å². The third-order valence-corrected chi connectivity index (χ3v) is 3.81. The second-order valence-corrected chi connectivity index (χ2v) is 5.63. The maximum Gasteiger partial charge on any atom is 0.329 e. The SMILES string of the molecule is O=C(O)COCCN1CCN(Cc2ccc(Cl)cc2)CC1. The molecule has 1 aromatic rings. The molecule has 6 heteroatoms. The molecule has 0 aliphatic carbocycles. The molecule has 1 aliphatic rings. The van der Waals surface area contributed by atoms with Crippen LogP contribution in [0.1, 0.15) is 5.56 Å². The van der Waals surface area contributed by atoms with Crippen molar-refractivity contribution in [1.29, 1.82) is 0 Å². The quantitative estimate of drug-likeness (QED) is 0.774. The molecule has 1 heterocycles. The number of hydrogen-bond donors (Lipinski definition) is 1. The average molecular weight is 313 g/mol. The summed E-state index contributed by atoms with van der Waals surface area (Å²) in [6.45, 7) is 6.01. The number of hydrogen-bond acceptors (Lipinski definition) is 4. The minimum Gasteiger partial charge on any atom is -0.480 e. The van der Waals surface area contributed by atoms with Crippen LogP contribution >= 0.6 is 11.6 Å². The molecule has 0 unspecified atom stereocenters. The van der Waals surface area contributed by atoms with E-state index in [2.05, 4.69) is 21.9 Å². The Hall–Kier alpha value is -1.14. The van der Waals surface area contributed by atoms with Gasteiger partial charge in [0.1, 0.15) is 6.61 Å². The van der Waals surface area contributed by atoms with Crippen molar-refractivity contribution in [3.8, 4) is 0 Å². The number of carbonyl (C=O) groups is 1. The average Bonchev–Trinajstić information content (AvgIpc) is 2.47. The Morgan fingerprint density at radius 3 is 2.38 bits per heavy atom. The molecule has 0 bridgehead atoms. The third-order valence-electron chi connectivity index (χ3n) is 3.56. The summed E-state index contributed by atoms with van der Waals surface area (Å²) in [5.74, 6) is -0.914. The minimum atomic E-state index is -0.914. The Balaban J connectivity index is 1.64. The summed E-state index contributed by atoms with van der Waals surface area (Å²) in [6.07, 6.45) is 0. The summed E-state index contributed by atoms with van der Waals surface area (Å²) < 4.78 is 5.06. The second-order valence-electron chi connectivity index (χ2n) is 5.19. The molecule has 0 atom stereocenters. The number of aliphatic carboxylic acids is 1. The Bertz CT molecular complexity index is 445. The van der Waals surface area contributed by atoms with Crippen LogP contribution in [-0.2, 0) is 16.1 Å². The van der Waals surface area contributed by atoms with E-state index in [-0.39, 0.29) is 6.61 Å². The largest absolute Gasteiger partial charge is 0.480 e. The van der Waals surface area contributed by atoms with Gasteiger partial charge in [-0.15, -0.1) is 0 Å². The predicted molar refractivity (Wildman–Crippen MR) is 81.6 cm³/mol. The Labute approximate surface area is 130 Å². The van der Waals surface area contributed by atoms with Gasteiger partial charge in [-0.1, -0.05) is 23.7 Å². The molecule has 0 spiro atoms. The summed E-state index contributed by atoms with van der Waals surface area (Å²) in [5, 5.41) is 9.26. The molecule has 2 rings (SSSR count). The highest BCUT2D eigenvalue weighted by atomic mass is 35.5. The first-order valence-corrected chi connectivity index (χ1v) is 7.50. The van der Waals surface area contributed by atoms with Crippen LogP contribution in [0.3, 0.4) is 0 Å². The first-order valence-electron chi connectivity index (χ1n) is 7.12. The molecule has 21 heavy (non-hydrogen) atoms. The lowest BCUT2D eigenvalue weighted by molar-refractivity contribution is -0.142. The molecule has 5 nitrogen and oxygen atoms in total. The van der Waals surface area contributed by atoms with Gasteiger partial charge in [-0.05, 0) is 17.7 Å². The zero-order valence-corrected chi connectivity index (χ0v) is 12.8. The molecular weight excluding hydrogens is 292 g/mol. The molecule has 1 N–H and O–H groups in total. The van der Waals surface area contributed by atoms with Gasteiger partial charge in [0.05, 0.1) is 6.61 Å². The van der Waals surface area contributed by atoms with Crippen LogP contribution < -0.4 is 0 Å². The first kappa shape index (κ1) is 16.2. The van der Waals surface area contributed by atoms with Crippen LogP contribution in [0.25, 0.3) is 0 Å². The molecule has 0 saturated carbocycles. The lowest BCUT2D eigenvalue weighted by Gasteiger charge is -2.34. The monoisotopic (exact) mass is 312 g/mol. The predicted octanol–water partition coefficient (Wildman–Crippen LogP) is 1.56. The maximum absolute atomic E-state index is 10.3. The number of halogens is 1. The number of rotatable bonds is 7. The van der Waals surface area contributed by atoms with Gasteiger partial charge in [0.25, 0.3) is 0 Å². The van der Waals surface area contributed by atoms with Gasteiger partial charge in [0.2, 0.25) is 0 Å². The van der Waals surface area contributed by atoms with Crippen molar-refractivity contribution in [1.82, 2.24) is 9.80 Å². The van der Waals surface area contributed by atoms with Crippen LogP contribution in [0.5, 0.6) is 0 Å². The van der Waals surface area contributed by atoms with Crippen LogP contribution in [0.2, 0.25) is 5.02 Å². The van der Waals surface area contributed by atoms with Crippen molar-refractivity contribution in [2.24, 2.45) is 0 Å². The standard InChI is InChI=1S/C15H21ClN2O3/c16-14-3-1-13(2-4-14)11-18-7-5-17(6-8-18)9-10-21-12-15(19)20/h1-4H,5-12H2,(H,19,20). The van der Waals surface area contributed by atoms with Gasteiger partial charge in [-0.2, -0.15) is 0 Å². The van der Waals surface area contributed by atoms with Crippen molar-refractivity contribution in [2.45, 2.75) is 6.54 Å². The lowest BCUT2D eigenvalue weighted by atomic mass is 10.2. The molecule has 1 fully saturated rings. The van der Waals surface area contributed by atoms with E-state index in [0.717, 1.165) is 44.3 Å². The van der Waals surface area contributed by atoms with E-state index in [0.29, 0.717) is 6.61 Å². The molecule has 1 saturated heterocycles. The molecule has 0 aromatic heterocycles. The van der Waals surface area contributed by atoms with Gasteiger partial charge in [-0.25, -0.2) is 4.79 Å².